The summed E-state index contributed by atoms with van der Waals surface area (Å²) in [6.07, 6.45) is 7.91. The standard InChI is InChI=1S/C30H51BrO6/c1-19(9-11-23-28(6,33)16-14-22(34-23)26(2,3)32)20-10-12-24-29(7,36-20)18-15-25(35-24)30(8)17-13-21(31)27(4,5)37-30/h20-25,32-33H,1,9-18H2,2-8H3/t20-,21+,22+,23+,24-,25-,28-,29+,30-/m0/s1. The van der Waals surface area contributed by atoms with Gasteiger partial charge in [-0.1, -0.05) is 22.5 Å². The maximum atomic E-state index is 10.9. The molecule has 0 aliphatic carbocycles. The van der Waals surface area contributed by atoms with Crippen molar-refractivity contribution < 1.29 is 29.2 Å². The van der Waals surface area contributed by atoms with Gasteiger partial charge in [0.15, 0.2) is 0 Å². The summed E-state index contributed by atoms with van der Waals surface area (Å²) in [5, 5.41) is 21.4. The lowest BCUT2D eigenvalue weighted by molar-refractivity contribution is -0.285. The first kappa shape index (κ1) is 30.0. The summed E-state index contributed by atoms with van der Waals surface area (Å²) >= 11 is 3.80. The number of hydrogen-bond donors (Lipinski definition) is 2. The van der Waals surface area contributed by atoms with Gasteiger partial charge < -0.3 is 29.2 Å². The van der Waals surface area contributed by atoms with E-state index in [0.717, 1.165) is 50.5 Å². The topological polar surface area (TPSA) is 77.4 Å². The van der Waals surface area contributed by atoms with E-state index in [-0.39, 0.29) is 47.3 Å². The monoisotopic (exact) mass is 586 g/mol. The molecule has 4 heterocycles. The molecule has 0 saturated carbocycles. The minimum atomic E-state index is -0.925. The number of ether oxygens (including phenoxy) is 4. The number of alkyl halides is 1. The van der Waals surface area contributed by atoms with Crippen molar-refractivity contribution in [2.45, 2.75) is 176 Å². The van der Waals surface area contributed by atoms with E-state index in [1.54, 1.807) is 13.8 Å². The molecule has 2 N–H and O–H groups in total. The van der Waals surface area contributed by atoms with Crippen LogP contribution in [0.4, 0.5) is 0 Å². The van der Waals surface area contributed by atoms with E-state index in [1.807, 2.05) is 6.92 Å². The van der Waals surface area contributed by atoms with Crippen LogP contribution >= 0.6 is 15.9 Å². The smallest absolute Gasteiger partial charge is 0.0924 e. The molecular formula is C30H51BrO6. The van der Waals surface area contributed by atoms with Crippen molar-refractivity contribution in [3.8, 4) is 0 Å². The zero-order valence-corrected chi connectivity index (χ0v) is 25.7. The van der Waals surface area contributed by atoms with Crippen LogP contribution in [0, 0.1) is 0 Å². The normalized spacial score (nSPS) is 46.8. The summed E-state index contributed by atoms with van der Waals surface area (Å²) in [5.41, 5.74) is -1.61. The second-order valence-electron chi connectivity index (χ2n) is 14.0. The molecule has 0 aromatic carbocycles. The van der Waals surface area contributed by atoms with Crippen LogP contribution in [0.5, 0.6) is 0 Å². The third-order valence-corrected chi connectivity index (χ3v) is 11.3. The summed E-state index contributed by atoms with van der Waals surface area (Å²) in [6.45, 7) is 18.5. The predicted octanol–water partition coefficient (Wildman–Crippen LogP) is 5.99. The van der Waals surface area contributed by atoms with E-state index in [2.05, 4.69) is 50.2 Å². The van der Waals surface area contributed by atoms with Crippen molar-refractivity contribution in [2.24, 2.45) is 0 Å². The summed E-state index contributed by atoms with van der Waals surface area (Å²) in [7, 11) is 0. The van der Waals surface area contributed by atoms with Crippen molar-refractivity contribution in [2.75, 3.05) is 0 Å². The summed E-state index contributed by atoms with van der Waals surface area (Å²) in [6, 6.07) is 0. The van der Waals surface area contributed by atoms with Crippen molar-refractivity contribution in [3.05, 3.63) is 12.2 Å². The molecular weight excluding hydrogens is 536 g/mol. The Morgan fingerprint density at radius 2 is 1.57 bits per heavy atom. The molecule has 214 valence electrons. The predicted molar refractivity (Wildman–Crippen MR) is 149 cm³/mol. The van der Waals surface area contributed by atoms with Crippen LogP contribution in [0.25, 0.3) is 0 Å². The van der Waals surface area contributed by atoms with Gasteiger partial charge in [0.25, 0.3) is 0 Å². The van der Waals surface area contributed by atoms with Gasteiger partial charge in [-0.2, -0.15) is 0 Å². The van der Waals surface area contributed by atoms with Crippen LogP contribution in [0.2, 0.25) is 0 Å². The van der Waals surface area contributed by atoms with Crippen LogP contribution in [-0.4, -0.2) is 73.6 Å². The molecule has 6 nitrogen and oxygen atoms in total. The van der Waals surface area contributed by atoms with Gasteiger partial charge in [-0.25, -0.2) is 0 Å². The first-order valence-corrected chi connectivity index (χ1v) is 15.3. The van der Waals surface area contributed by atoms with Crippen LogP contribution in [0.15, 0.2) is 12.2 Å². The first-order valence-electron chi connectivity index (χ1n) is 14.4. The zero-order valence-electron chi connectivity index (χ0n) is 24.1. The number of hydrogen-bond acceptors (Lipinski definition) is 6. The molecule has 0 aromatic heterocycles. The lowest BCUT2D eigenvalue weighted by Gasteiger charge is -2.55. The number of halogens is 1. The Bertz CT molecular complexity index is 836. The molecule has 4 aliphatic rings. The highest BCUT2D eigenvalue weighted by Crippen LogP contribution is 2.48. The van der Waals surface area contributed by atoms with Crippen LogP contribution < -0.4 is 0 Å². The van der Waals surface area contributed by atoms with Crippen LogP contribution in [0.3, 0.4) is 0 Å². The lowest BCUT2D eigenvalue weighted by atomic mass is 9.76. The Kier molecular flexibility index (Phi) is 8.44. The molecule has 4 rings (SSSR count). The van der Waals surface area contributed by atoms with Crippen molar-refractivity contribution in [1.82, 2.24) is 0 Å². The molecule has 0 radical (unpaired) electrons. The van der Waals surface area contributed by atoms with Gasteiger partial charge >= 0.3 is 0 Å². The van der Waals surface area contributed by atoms with Crippen molar-refractivity contribution in [1.29, 1.82) is 0 Å². The fourth-order valence-electron chi connectivity index (χ4n) is 7.00. The van der Waals surface area contributed by atoms with Crippen LogP contribution in [-0.2, 0) is 18.9 Å². The molecule has 4 aliphatic heterocycles. The van der Waals surface area contributed by atoms with Gasteiger partial charge in [-0.15, -0.1) is 0 Å². The Balaban J connectivity index is 1.33. The Labute approximate surface area is 233 Å². The first-order chi connectivity index (χ1) is 17.0. The summed E-state index contributed by atoms with van der Waals surface area (Å²) < 4.78 is 26.3. The molecule has 0 aromatic rings. The number of fused-ring (bicyclic) bond motifs is 1. The highest BCUT2D eigenvalue weighted by atomic mass is 79.9. The Hall–Kier alpha value is -0.0200. The van der Waals surface area contributed by atoms with Gasteiger partial charge in [-0.05, 0) is 118 Å². The second kappa shape index (κ2) is 10.4. The average Bonchev–Trinajstić information content (AvgIpc) is 2.78. The van der Waals surface area contributed by atoms with Crippen molar-refractivity contribution >= 4 is 15.9 Å². The van der Waals surface area contributed by atoms with Gasteiger partial charge in [0.2, 0.25) is 0 Å². The SMILES string of the molecule is C=C(CC[C@H]1O[C@@H](C(C)(C)O)CC[C@]1(C)O)[C@@H]1CC[C@@H]2O[C@H]([C@]3(C)CC[C@@H](Br)C(C)(C)O3)CC[C@@]2(C)O1. The van der Waals surface area contributed by atoms with Gasteiger partial charge in [-0.3, -0.25) is 0 Å². The largest absolute Gasteiger partial charge is 0.388 e. The fourth-order valence-corrected chi connectivity index (χ4v) is 7.32. The van der Waals surface area contributed by atoms with E-state index >= 15 is 0 Å². The quantitative estimate of drug-likeness (QED) is 0.294. The molecule has 0 amide bonds. The van der Waals surface area contributed by atoms with Crippen LogP contribution in [0.1, 0.15) is 113 Å². The lowest BCUT2D eigenvalue weighted by Crippen LogP contribution is -2.62. The molecule has 0 unspecified atom stereocenters. The number of aliphatic hydroxyl groups is 2. The Morgan fingerprint density at radius 1 is 0.919 bits per heavy atom. The molecule has 0 bridgehead atoms. The molecule has 0 spiro atoms. The van der Waals surface area contributed by atoms with E-state index in [0.29, 0.717) is 24.1 Å². The summed E-state index contributed by atoms with van der Waals surface area (Å²) in [5.74, 6) is 0. The highest BCUT2D eigenvalue weighted by Gasteiger charge is 2.54. The van der Waals surface area contributed by atoms with Gasteiger partial charge in [0, 0.05) is 4.83 Å². The second-order valence-corrected chi connectivity index (χ2v) is 15.1. The average molecular weight is 588 g/mol. The van der Waals surface area contributed by atoms with Crippen molar-refractivity contribution in [3.63, 3.8) is 0 Å². The maximum absolute atomic E-state index is 10.9. The zero-order chi connectivity index (χ0) is 27.4. The molecule has 7 heteroatoms. The van der Waals surface area contributed by atoms with E-state index in [9.17, 15) is 10.2 Å². The minimum absolute atomic E-state index is 0.0189. The summed E-state index contributed by atoms with van der Waals surface area (Å²) in [4.78, 5) is 0.357. The third-order valence-electron chi connectivity index (χ3n) is 9.75. The highest BCUT2D eigenvalue weighted by molar-refractivity contribution is 9.09. The maximum Gasteiger partial charge on any atom is 0.0924 e. The fraction of sp³-hybridized carbons (Fsp3) is 0.933. The molecule has 37 heavy (non-hydrogen) atoms. The third kappa shape index (κ3) is 6.34. The van der Waals surface area contributed by atoms with E-state index in [1.165, 1.54) is 0 Å². The van der Waals surface area contributed by atoms with E-state index in [4.69, 9.17) is 18.9 Å². The molecule has 4 saturated heterocycles. The van der Waals surface area contributed by atoms with Gasteiger partial charge in [0.05, 0.1) is 58.5 Å². The molecule has 9 atom stereocenters. The van der Waals surface area contributed by atoms with Gasteiger partial charge in [0.1, 0.15) is 0 Å². The molecule has 4 fully saturated rings. The van der Waals surface area contributed by atoms with E-state index < -0.39 is 11.2 Å². The number of rotatable bonds is 6. The minimum Gasteiger partial charge on any atom is -0.388 e. The Morgan fingerprint density at radius 3 is 2.22 bits per heavy atom.